The Kier molecular flexibility index (Phi) is 3.51. The van der Waals surface area contributed by atoms with E-state index in [1.54, 1.807) is 18.2 Å². The Labute approximate surface area is 87.6 Å². The summed E-state index contributed by atoms with van der Waals surface area (Å²) < 4.78 is 5.33. The summed E-state index contributed by atoms with van der Waals surface area (Å²) in [7, 11) is 0. The molecule has 0 aliphatic rings. The Bertz CT molecular complexity index is 327. The van der Waals surface area contributed by atoms with Gasteiger partial charge in [0.05, 0.1) is 12.2 Å². The van der Waals surface area contributed by atoms with Crippen molar-refractivity contribution in [2.75, 3.05) is 6.61 Å². The van der Waals surface area contributed by atoms with Gasteiger partial charge in [0.25, 0.3) is 0 Å². The summed E-state index contributed by atoms with van der Waals surface area (Å²) >= 11 is 10.7. The van der Waals surface area contributed by atoms with Crippen molar-refractivity contribution in [1.29, 1.82) is 0 Å². The zero-order valence-corrected chi connectivity index (χ0v) is 8.78. The summed E-state index contributed by atoms with van der Waals surface area (Å²) in [4.78, 5) is 0.297. The van der Waals surface area contributed by atoms with Crippen molar-refractivity contribution in [2.24, 2.45) is 5.73 Å². The first kappa shape index (κ1) is 10.3. The van der Waals surface area contributed by atoms with Crippen LogP contribution in [0.3, 0.4) is 0 Å². The van der Waals surface area contributed by atoms with E-state index in [1.165, 1.54) is 0 Å². The number of thiocarbonyl (C=S) groups is 1. The summed E-state index contributed by atoms with van der Waals surface area (Å²) in [5, 5.41) is 0.603. The maximum atomic E-state index is 5.79. The molecule has 0 amide bonds. The zero-order valence-electron chi connectivity index (χ0n) is 7.21. The highest BCUT2D eigenvalue weighted by Gasteiger charge is 2.06. The molecule has 1 aromatic carbocycles. The number of rotatable bonds is 3. The van der Waals surface area contributed by atoms with E-state index < -0.39 is 0 Å². The highest BCUT2D eigenvalue weighted by Crippen LogP contribution is 2.22. The van der Waals surface area contributed by atoms with Crippen molar-refractivity contribution in [3.05, 3.63) is 28.8 Å². The van der Waals surface area contributed by atoms with Crippen molar-refractivity contribution in [1.82, 2.24) is 0 Å². The van der Waals surface area contributed by atoms with Crippen LogP contribution < -0.4 is 10.5 Å². The SMILES string of the molecule is CCOc1ccc(Cl)cc1C(N)=S. The van der Waals surface area contributed by atoms with Gasteiger partial charge in [-0.3, -0.25) is 0 Å². The van der Waals surface area contributed by atoms with Crippen LogP contribution in [0.1, 0.15) is 12.5 Å². The molecule has 0 aliphatic heterocycles. The van der Waals surface area contributed by atoms with E-state index in [1.807, 2.05) is 6.92 Å². The Hall–Kier alpha value is -0.800. The molecule has 1 aromatic rings. The van der Waals surface area contributed by atoms with Gasteiger partial charge in [0.2, 0.25) is 0 Å². The van der Waals surface area contributed by atoms with Crippen LogP contribution in [0.25, 0.3) is 0 Å². The fraction of sp³-hybridized carbons (Fsp3) is 0.222. The van der Waals surface area contributed by atoms with E-state index in [0.29, 0.717) is 27.9 Å². The Morgan fingerprint density at radius 3 is 2.85 bits per heavy atom. The highest BCUT2D eigenvalue weighted by atomic mass is 35.5. The molecule has 13 heavy (non-hydrogen) atoms. The third-order valence-electron chi connectivity index (χ3n) is 1.51. The predicted molar refractivity (Wildman–Crippen MR) is 58.5 cm³/mol. The van der Waals surface area contributed by atoms with Gasteiger partial charge >= 0.3 is 0 Å². The van der Waals surface area contributed by atoms with Crippen LogP contribution in [-0.4, -0.2) is 11.6 Å². The Morgan fingerprint density at radius 2 is 2.31 bits per heavy atom. The van der Waals surface area contributed by atoms with Gasteiger partial charge in [-0.15, -0.1) is 0 Å². The average Bonchev–Trinajstić information content (AvgIpc) is 2.08. The molecular formula is C9H10ClNOS. The Morgan fingerprint density at radius 1 is 1.62 bits per heavy atom. The largest absolute Gasteiger partial charge is 0.493 e. The highest BCUT2D eigenvalue weighted by molar-refractivity contribution is 7.80. The molecule has 4 heteroatoms. The van der Waals surface area contributed by atoms with Crippen molar-refractivity contribution in [3.63, 3.8) is 0 Å². The van der Waals surface area contributed by atoms with Gasteiger partial charge in [-0.1, -0.05) is 23.8 Å². The molecule has 0 atom stereocenters. The third-order valence-corrected chi connectivity index (χ3v) is 1.96. The summed E-state index contributed by atoms with van der Waals surface area (Å²) in [5.74, 6) is 0.680. The van der Waals surface area contributed by atoms with Gasteiger partial charge in [-0.05, 0) is 25.1 Å². The van der Waals surface area contributed by atoms with Gasteiger partial charge < -0.3 is 10.5 Å². The smallest absolute Gasteiger partial charge is 0.129 e. The minimum atomic E-state index is 0.297. The first-order valence-electron chi connectivity index (χ1n) is 3.87. The molecule has 0 heterocycles. The van der Waals surface area contributed by atoms with E-state index in [2.05, 4.69) is 0 Å². The monoisotopic (exact) mass is 215 g/mol. The normalized spacial score (nSPS) is 9.69. The minimum absolute atomic E-state index is 0.297. The van der Waals surface area contributed by atoms with Gasteiger partial charge in [0.15, 0.2) is 0 Å². The van der Waals surface area contributed by atoms with Crippen LogP contribution in [-0.2, 0) is 0 Å². The molecular weight excluding hydrogens is 206 g/mol. The number of ether oxygens (including phenoxy) is 1. The lowest BCUT2D eigenvalue weighted by atomic mass is 10.2. The van der Waals surface area contributed by atoms with E-state index in [-0.39, 0.29) is 0 Å². The van der Waals surface area contributed by atoms with Crippen molar-refractivity contribution in [3.8, 4) is 5.75 Å². The summed E-state index contributed by atoms with van der Waals surface area (Å²) in [6.45, 7) is 2.48. The van der Waals surface area contributed by atoms with Crippen LogP contribution in [0.4, 0.5) is 0 Å². The van der Waals surface area contributed by atoms with Crippen molar-refractivity contribution < 1.29 is 4.74 Å². The van der Waals surface area contributed by atoms with Gasteiger partial charge in [0, 0.05) is 5.02 Å². The van der Waals surface area contributed by atoms with Crippen molar-refractivity contribution >= 4 is 28.8 Å². The van der Waals surface area contributed by atoms with Gasteiger partial charge in [0.1, 0.15) is 10.7 Å². The van der Waals surface area contributed by atoms with Crippen LogP contribution in [0.2, 0.25) is 5.02 Å². The van der Waals surface area contributed by atoms with E-state index >= 15 is 0 Å². The summed E-state index contributed by atoms with van der Waals surface area (Å²) in [6, 6.07) is 5.21. The fourth-order valence-electron chi connectivity index (χ4n) is 0.976. The number of hydrogen-bond donors (Lipinski definition) is 1. The lowest BCUT2D eigenvalue weighted by Crippen LogP contribution is -2.11. The lowest BCUT2D eigenvalue weighted by Gasteiger charge is -2.08. The third kappa shape index (κ3) is 2.57. The molecule has 70 valence electrons. The fourth-order valence-corrected chi connectivity index (χ4v) is 1.31. The topological polar surface area (TPSA) is 35.2 Å². The lowest BCUT2D eigenvalue weighted by molar-refractivity contribution is 0.339. The van der Waals surface area contributed by atoms with E-state index in [4.69, 9.17) is 34.3 Å². The number of halogens is 1. The van der Waals surface area contributed by atoms with E-state index in [9.17, 15) is 0 Å². The molecule has 2 nitrogen and oxygen atoms in total. The molecule has 0 spiro atoms. The molecule has 2 N–H and O–H groups in total. The van der Waals surface area contributed by atoms with Crippen LogP contribution >= 0.6 is 23.8 Å². The first-order valence-corrected chi connectivity index (χ1v) is 4.66. The number of benzene rings is 1. The predicted octanol–water partition coefficient (Wildman–Crippen LogP) is 2.37. The molecule has 0 aromatic heterocycles. The first-order chi connectivity index (χ1) is 6.15. The Balaban J connectivity index is 3.10. The quantitative estimate of drug-likeness (QED) is 0.787. The van der Waals surface area contributed by atoms with Crippen molar-refractivity contribution in [2.45, 2.75) is 6.92 Å². The second-order valence-corrected chi connectivity index (χ2v) is 3.31. The van der Waals surface area contributed by atoms with E-state index in [0.717, 1.165) is 0 Å². The van der Waals surface area contributed by atoms with Crippen LogP contribution in [0.5, 0.6) is 5.75 Å². The zero-order chi connectivity index (χ0) is 9.84. The summed E-state index contributed by atoms with van der Waals surface area (Å²) in [5.41, 5.74) is 6.19. The van der Waals surface area contributed by atoms with Crippen LogP contribution in [0.15, 0.2) is 18.2 Å². The molecule has 1 rings (SSSR count). The molecule has 0 bridgehead atoms. The molecule has 0 saturated carbocycles. The summed E-state index contributed by atoms with van der Waals surface area (Å²) in [6.07, 6.45) is 0. The molecule has 0 fully saturated rings. The average molecular weight is 216 g/mol. The number of nitrogens with two attached hydrogens (primary N) is 1. The second-order valence-electron chi connectivity index (χ2n) is 2.44. The second kappa shape index (κ2) is 4.44. The minimum Gasteiger partial charge on any atom is -0.493 e. The van der Waals surface area contributed by atoms with Gasteiger partial charge in [-0.25, -0.2) is 0 Å². The maximum absolute atomic E-state index is 5.79. The maximum Gasteiger partial charge on any atom is 0.129 e. The standard InChI is InChI=1S/C9H10ClNOS/c1-2-12-8-4-3-6(10)5-7(8)9(11)13/h3-5H,2H2,1H3,(H2,11,13). The molecule has 0 saturated heterocycles. The van der Waals surface area contributed by atoms with Gasteiger partial charge in [-0.2, -0.15) is 0 Å². The van der Waals surface area contributed by atoms with Crippen LogP contribution in [0, 0.1) is 0 Å². The number of hydrogen-bond acceptors (Lipinski definition) is 2. The molecule has 0 aliphatic carbocycles. The molecule has 0 radical (unpaired) electrons. The molecule has 0 unspecified atom stereocenters.